The lowest BCUT2D eigenvalue weighted by Gasteiger charge is -2.02. The van der Waals surface area contributed by atoms with E-state index < -0.39 is 5.97 Å². The molecule has 0 unspecified atom stereocenters. The number of hydrogen-bond acceptors (Lipinski definition) is 2. The highest BCUT2D eigenvalue weighted by Gasteiger charge is 2.19. The maximum atomic E-state index is 11.2. The summed E-state index contributed by atoms with van der Waals surface area (Å²) in [6.07, 6.45) is 0.652. The van der Waals surface area contributed by atoms with E-state index in [0.717, 1.165) is 11.2 Å². The average molecular weight is 219 g/mol. The van der Waals surface area contributed by atoms with Crippen molar-refractivity contribution in [3.05, 3.63) is 29.5 Å². The Bertz CT molecular complexity index is 542. The van der Waals surface area contributed by atoms with Crippen molar-refractivity contribution in [3.63, 3.8) is 0 Å². The number of aryl methyl sites for hydroxylation is 1. The zero-order valence-electron chi connectivity index (χ0n) is 9.20. The lowest BCUT2D eigenvalue weighted by atomic mass is 10.1. The molecule has 0 atom stereocenters. The second-order valence-corrected chi connectivity index (χ2v) is 3.52. The number of H-pyrrole nitrogens is 1. The molecule has 0 bridgehead atoms. The molecule has 2 N–H and O–H groups in total. The van der Waals surface area contributed by atoms with Crippen LogP contribution >= 0.6 is 0 Å². The number of carboxylic acid groups (broad SMARTS) is 1. The average Bonchev–Trinajstić information content (AvgIpc) is 2.66. The molecule has 0 fully saturated rings. The summed E-state index contributed by atoms with van der Waals surface area (Å²) < 4.78 is 5.19. The number of benzene rings is 1. The van der Waals surface area contributed by atoms with E-state index in [1.165, 1.54) is 0 Å². The van der Waals surface area contributed by atoms with Crippen molar-refractivity contribution in [2.75, 3.05) is 7.11 Å². The molecule has 2 aromatic rings. The first-order valence-electron chi connectivity index (χ1n) is 5.09. The van der Waals surface area contributed by atoms with Gasteiger partial charge >= 0.3 is 5.97 Å². The van der Waals surface area contributed by atoms with Gasteiger partial charge < -0.3 is 14.8 Å². The Kier molecular flexibility index (Phi) is 2.56. The van der Waals surface area contributed by atoms with Gasteiger partial charge in [0.1, 0.15) is 5.75 Å². The van der Waals surface area contributed by atoms with Crippen molar-refractivity contribution in [3.8, 4) is 5.75 Å². The maximum absolute atomic E-state index is 11.2. The number of aromatic amines is 1. The van der Waals surface area contributed by atoms with Crippen LogP contribution in [0.2, 0.25) is 0 Å². The second-order valence-electron chi connectivity index (χ2n) is 3.52. The second kappa shape index (κ2) is 3.89. The molecule has 0 radical (unpaired) electrons. The van der Waals surface area contributed by atoms with E-state index in [1.54, 1.807) is 13.2 Å². The number of hydrogen-bond donors (Lipinski definition) is 2. The van der Waals surface area contributed by atoms with Gasteiger partial charge in [-0.2, -0.15) is 0 Å². The van der Waals surface area contributed by atoms with Gasteiger partial charge in [0, 0.05) is 5.69 Å². The quantitative estimate of drug-likeness (QED) is 0.833. The number of carboxylic acids is 1. The van der Waals surface area contributed by atoms with Gasteiger partial charge in [0.25, 0.3) is 0 Å². The Hall–Kier alpha value is -1.97. The molecule has 2 rings (SSSR count). The predicted molar refractivity (Wildman–Crippen MR) is 61.2 cm³/mol. The molecule has 0 aliphatic carbocycles. The van der Waals surface area contributed by atoms with Crippen LogP contribution < -0.4 is 4.74 Å². The minimum Gasteiger partial charge on any atom is -0.496 e. The van der Waals surface area contributed by atoms with Crippen molar-refractivity contribution in [2.24, 2.45) is 0 Å². The topological polar surface area (TPSA) is 62.3 Å². The van der Waals surface area contributed by atoms with Crippen LogP contribution in [0.1, 0.15) is 23.0 Å². The van der Waals surface area contributed by atoms with Gasteiger partial charge in [0.2, 0.25) is 0 Å². The van der Waals surface area contributed by atoms with Crippen LogP contribution in [-0.4, -0.2) is 23.2 Å². The van der Waals surface area contributed by atoms with E-state index in [1.807, 2.05) is 19.1 Å². The molecule has 1 aromatic carbocycles. The zero-order valence-corrected chi connectivity index (χ0v) is 9.20. The number of aromatic nitrogens is 1. The van der Waals surface area contributed by atoms with Crippen molar-refractivity contribution < 1.29 is 14.6 Å². The summed E-state index contributed by atoms with van der Waals surface area (Å²) in [6.45, 7) is 1.92. The van der Waals surface area contributed by atoms with Crippen LogP contribution in [0.3, 0.4) is 0 Å². The van der Waals surface area contributed by atoms with Crippen molar-refractivity contribution in [1.29, 1.82) is 0 Å². The Morgan fingerprint density at radius 3 is 2.81 bits per heavy atom. The van der Waals surface area contributed by atoms with Gasteiger partial charge in [-0.05, 0) is 18.6 Å². The third-order valence-corrected chi connectivity index (χ3v) is 2.65. The van der Waals surface area contributed by atoms with Gasteiger partial charge in [-0.15, -0.1) is 0 Å². The molecule has 0 aliphatic heterocycles. The van der Waals surface area contributed by atoms with Crippen LogP contribution in [0.5, 0.6) is 5.75 Å². The number of aromatic carboxylic acids is 1. The van der Waals surface area contributed by atoms with Crippen LogP contribution in [-0.2, 0) is 6.42 Å². The summed E-state index contributed by atoms with van der Waals surface area (Å²) in [6, 6.07) is 5.45. The minimum absolute atomic E-state index is 0.315. The summed E-state index contributed by atoms with van der Waals surface area (Å²) in [5.74, 6) is -0.335. The smallest absolute Gasteiger partial charge is 0.338 e. The van der Waals surface area contributed by atoms with Gasteiger partial charge in [-0.25, -0.2) is 4.79 Å². The number of nitrogens with one attached hydrogen (secondary N) is 1. The highest BCUT2D eigenvalue weighted by molar-refractivity contribution is 6.07. The first kappa shape index (κ1) is 10.5. The van der Waals surface area contributed by atoms with E-state index in [2.05, 4.69) is 4.98 Å². The van der Waals surface area contributed by atoms with Gasteiger partial charge in [-0.3, -0.25) is 0 Å². The Balaban J connectivity index is 2.86. The molecular weight excluding hydrogens is 206 g/mol. The highest BCUT2D eigenvalue weighted by Crippen LogP contribution is 2.31. The normalized spacial score (nSPS) is 10.6. The molecule has 1 heterocycles. The monoisotopic (exact) mass is 219 g/mol. The van der Waals surface area contributed by atoms with Crippen LogP contribution in [0, 0.1) is 0 Å². The van der Waals surface area contributed by atoms with E-state index in [0.29, 0.717) is 23.1 Å². The molecule has 16 heavy (non-hydrogen) atoms. The molecule has 0 spiro atoms. The first-order valence-corrected chi connectivity index (χ1v) is 5.09. The number of methoxy groups -OCH3 is 1. The number of ether oxygens (including phenoxy) is 1. The Labute approximate surface area is 92.9 Å². The zero-order chi connectivity index (χ0) is 11.7. The molecule has 84 valence electrons. The fraction of sp³-hybridized carbons (Fsp3) is 0.250. The number of carbonyl (C=O) groups is 1. The Morgan fingerprint density at radius 1 is 1.50 bits per heavy atom. The van der Waals surface area contributed by atoms with Crippen molar-refractivity contribution >= 4 is 16.9 Å². The molecule has 4 nitrogen and oxygen atoms in total. The van der Waals surface area contributed by atoms with E-state index in [4.69, 9.17) is 4.74 Å². The molecule has 0 aliphatic rings. The first-order chi connectivity index (χ1) is 7.69. The van der Waals surface area contributed by atoms with Crippen molar-refractivity contribution in [2.45, 2.75) is 13.3 Å². The van der Waals surface area contributed by atoms with E-state index >= 15 is 0 Å². The summed E-state index contributed by atoms with van der Waals surface area (Å²) >= 11 is 0. The lowest BCUT2D eigenvalue weighted by molar-refractivity contribution is 0.0697. The summed E-state index contributed by atoms with van der Waals surface area (Å²) in [7, 11) is 1.54. The van der Waals surface area contributed by atoms with Gasteiger partial charge in [0.15, 0.2) is 0 Å². The summed E-state index contributed by atoms with van der Waals surface area (Å²) in [5.41, 5.74) is 1.84. The Morgan fingerprint density at radius 2 is 2.25 bits per heavy atom. The van der Waals surface area contributed by atoms with Gasteiger partial charge in [-0.1, -0.05) is 13.0 Å². The largest absolute Gasteiger partial charge is 0.496 e. The number of rotatable bonds is 3. The lowest BCUT2D eigenvalue weighted by Crippen LogP contribution is -2.00. The highest BCUT2D eigenvalue weighted by atomic mass is 16.5. The molecule has 0 saturated carbocycles. The third kappa shape index (κ3) is 1.43. The van der Waals surface area contributed by atoms with Crippen LogP contribution in [0.15, 0.2) is 18.2 Å². The molecular formula is C12H13NO3. The molecule has 1 aromatic heterocycles. The van der Waals surface area contributed by atoms with E-state index in [9.17, 15) is 9.90 Å². The molecule has 0 saturated heterocycles. The predicted octanol–water partition coefficient (Wildman–Crippen LogP) is 2.44. The van der Waals surface area contributed by atoms with Crippen LogP contribution in [0.25, 0.3) is 10.9 Å². The van der Waals surface area contributed by atoms with E-state index in [-0.39, 0.29) is 0 Å². The maximum Gasteiger partial charge on any atom is 0.338 e. The van der Waals surface area contributed by atoms with Crippen molar-refractivity contribution in [1.82, 2.24) is 4.98 Å². The SMILES string of the molecule is CCc1[nH]c2cccc(OC)c2c1C(=O)O. The standard InChI is InChI=1S/C12H13NO3/c1-3-7-11(12(14)15)10-8(13-7)5-4-6-9(10)16-2/h4-6,13H,3H2,1-2H3,(H,14,15). The summed E-state index contributed by atoms with van der Waals surface area (Å²) in [5, 5.41) is 9.88. The molecule has 0 amide bonds. The van der Waals surface area contributed by atoms with Gasteiger partial charge in [0.05, 0.1) is 23.6 Å². The summed E-state index contributed by atoms with van der Waals surface area (Å²) in [4.78, 5) is 14.4. The third-order valence-electron chi connectivity index (χ3n) is 2.65. The fourth-order valence-electron chi connectivity index (χ4n) is 1.94. The minimum atomic E-state index is -0.924. The number of fused-ring (bicyclic) bond motifs is 1. The molecule has 4 heteroatoms. The fourth-order valence-corrected chi connectivity index (χ4v) is 1.94. The van der Waals surface area contributed by atoms with Crippen LogP contribution in [0.4, 0.5) is 0 Å².